The van der Waals surface area contributed by atoms with Crippen molar-refractivity contribution in [2.75, 3.05) is 37.6 Å². The molecule has 2 heterocycles. The molecule has 0 saturated carbocycles. The highest BCUT2D eigenvalue weighted by molar-refractivity contribution is 5.87. The number of rotatable bonds is 4. The zero-order valence-corrected chi connectivity index (χ0v) is 13.7. The van der Waals surface area contributed by atoms with Gasteiger partial charge in [0.05, 0.1) is 5.52 Å². The normalized spacial score (nSPS) is 16.0. The quantitative estimate of drug-likeness (QED) is 0.926. The van der Waals surface area contributed by atoms with E-state index in [1.165, 1.54) is 6.42 Å². The van der Waals surface area contributed by atoms with Gasteiger partial charge in [-0.3, -0.25) is 4.90 Å². The van der Waals surface area contributed by atoms with Crippen LogP contribution in [0.3, 0.4) is 0 Å². The van der Waals surface area contributed by atoms with E-state index in [1.807, 2.05) is 23.7 Å². The number of hydrogen-bond donors (Lipinski definition) is 1. The molecular weight excluding hydrogens is 294 g/mol. The molecule has 7 heteroatoms. The maximum Gasteiger partial charge on any atom is 0.410 e. The molecule has 1 aliphatic rings. The molecule has 1 fully saturated rings. The summed E-state index contributed by atoms with van der Waals surface area (Å²) in [7, 11) is 1.98. The van der Waals surface area contributed by atoms with Crippen molar-refractivity contribution in [3.63, 3.8) is 0 Å². The number of carbonyl (C=O) groups excluding carboxylic acids is 1. The van der Waals surface area contributed by atoms with Crippen LogP contribution < -0.4 is 15.4 Å². The molecule has 1 amide bonds. The van der Waals surface area contributed by atoms with Crippen LogP contribution >= 0.6 is 0 Å². The van der Waals surface area contributed by atoms with Crippen molar-refractivity contribution in [2.24, 2.45) is 12.8 Å². The van der Waals surface area contributed by atoms with E-state index >= 15 is 0 Å². The summed E-state index contributed by atoms with van der Waals surface area (Å²) in [6.07, 6.45) is 0.359. The summed E-state index contributed by atoms with van der Waals surface area (Å²) < 4.78 is 7.11. The highest BCUT2D eigenvalue weighted by Crippen LogP contribution is 2.29. The Morgan fingerprint density at radius 3 is 2.70 bits per heavy atom. The lowest BCUT2D eigenvalue weighted by atomic mass is 10.3. The Morgan fingerprint density at radius 2 is 2.04 bits per heavy atom. The number of aryl methyl sites for hydroxylation is 1. The number of piperazine rings is 1. The minimum absolute atomic E-state index is 0.404. The SMILES string of the molecule is CCCN1CCN(c2nc3c(OC(N)=O)cccc3n2C)CC1. The summed E-state index contributed by atoms with van der Waals surface area (Å²) in [6.45, 7) is 7.33. The van der Waals surface area contributed by atoms with Gasteiger partial charge in [0.1, 0.15) is 5.52 Å². The molecule has 1 aliphatic heterocycles. The molecular formula is C16H23N5O2. The predicted molar refractivity (Wildman–Crippen MR) is 89.9 cm³/mol. The molecule has 0 spiro atoms. The number of amides is 1. The third-order valence-corrected chi connectivity index (χ3v) is 4.26. The van der Waals surface area contributed by atoms with Crippen molar-refractivity contribution in [2.45, 2.75) is 13.3 Å². The molecule has 2 N–H and O–H groups in total. The second kappa shape index (κ2) is 6.45. The summed E-state index contributed by atoms with van der Waals surface area (Å²) in [5.74, 6) is 1.30. The topological polar surface area (TPSA) is 76.6 Å². The van der Waals surface area contributed by atoms with Crippen molar-refractivity contribution in [3.05, 3.63) is 18.2 Å². The monoisotopic (exact) mass is 317 g/mol. The molecule has 3 rings (SSSR count). The minimum Gasteiger partial charge on any atom is -0.408 e. The van der Waals surface area contributed by atoms with Crippen molar-refractivity contribution in [3.8, 4) is 5.75 Å². The van der Waals surface area contributed by atoms with Gasteiger partial charge in [-0.1, -0.05) is 13.0 Å². The number of imidazole rings is 1. The van der Waals surface area contributed by atoms with Crippen LogP contribution in [0.2, 0.25) is 0 Å². The van der Waals surface area contributed by atoms with Gasteiger partial charge in [0.25, 0.3) is 0 Å². The number of fused-ring (bicyclic) bond motifs is 1. The molecule has 1 aromatic carbocycles. The Labute approximate surface area is 135 Å². The van der Waals surface area contributed by atoms with Gasteiger partial charge < -0.3 is 19.9 Å². The van der Waals surface area contributed by atoms with Gasteiger partial charge in [0, 0.05) is 33.2 Å². The first-order valence-corrected chi connectivity index (χ1v) is 8.00. The van der Waals surface area contributed by atoms with E-state index < -0.39 is 6.09 Å². The van der Waals surface area contributed by atoms with E-state index in [9.17, 15) is 4.79 Å². The maximum atomic E-state index is 11.1. The van der Waals surface area contributed by atoms with E-state index in [2.05, 4.69) is 16.7 Å². The Kier molecular flexibility index (Phi) is 4.38. The Bertz CT molecular complexity index is 704. The number of benzene rings is 1. The molecule has 0 atom stereocenters. The molecule has 23 heavy (non-hydrogen) atoms. The summed E-state index contributed by atoms with van der Waals surface area (Å²) in [6, 6.07) is 5.52. The number of nitrogens with zero attached hydrogens (tertiary/aromatic N) is 4. The first-order valence-electron chi connectivity index (χ1n) is 8.00. The van der Waals surface area contributed by atoms with Crippen molar-refractivity contribution in [1.29, 1.82) is 0 Å². The van der Waals surface area contributed by atoms with Crippen molar-refractivity contribution < 1.29 is 9.53 Å². The number of hydrogen-bond acceptors (Lipinski definition) is 5. The fraction of sp³-hybridized carbons (Fsp3) is 0.500. The summed E-state index contributed by atoms with van der Waals surface area (Å²) in [4.78, 5) is 20.5. The second-order valence-corrected chi connectivity index (χ2v) is 5.84. The zero-order chi connectivity index (χ0) is 16.4. The maximum absolute atomic E-state index is 11.1. The fourth-order valence-electron chi connectivity index (χ4n) is 3.14. The van der Waals surface area contributed by atoms with Gasteiger partial charge >= 0.3 is 6.09 Å². The molecule has 1 aromatic heterocycles. The van der Waals surface area contributed by atoms with Crippen LogP contribution in [0.15, 0.2) is 18.2 Å². The number of nitrogens with two attached hydrogens (primary N) is 1. The van der Waals surface area contributed by atoms with Crippen LogP contribution in [0.5, 0.6) is 5.75 Å². The average Bonchev–Trinajstić information content (AvgIpc) is 2.87. The van der Waals surface area contributed by atoms with Crippen LogP contribution in [-0.2, 0) is 7.05 Å². The number of primary amides is 1. The summed E-state index contributed by atoms with van der Waals surface area (Å²) in [5.41, 5.74) is 6.73. The van der Waals surface area contributed by atoms with Crippen LogP contribution in [0.25, 0.3) is 11.0 Å². The number of para-hydroxylation sites is 1. The van der Waals surface area contributed by atoms with E-state index in [1.54, 1.807) is 6.07 Å². The van der Waals surface area contributed by atoms with Gasteiger partial charge in [0.2, 0.25) is 5.95 Å². The van der Waals surface area contributed by atoms with Crippen molar-refractivity contribution in [1.82, 2.24) is 14.5 Å². The first kappa shape index (κ1) is 15.6. The lowest BCUT2D eigenvalue weighted by molar-refractivity contribution is 0.211. The number of anilines is 1. The van der Waals surface area contributed by atoms with Crippen LogP contribution in [0.4, 0.5) is 10.7 Å². The lowest BCUT2D eigenvalue weighted by Gasteiger charge is -2.35. The second-order valence-electron chi connectivity index (χ2n) is 5.84. The minimum atomic E-state index is -0.821. The van der Waals surface area contributed by atoms with E-state index in [0.717, 1.165) is 44.2 Å². The molecule has 7 nitrogen and oxygen atoms in total. The van der Waals surface area contributed by atoms with Gasteiger partial charge in [0.15, 0.2) is 5.75 Å². The molecule has 0 unspecified atom stereocenters. The molecule has 0 aliphatic carbocycles. The van der Waals surface area contributed by atoms with Crippen LogP contribution in [0, 0.1) is 0 Å². The largest absolute Gasteiger partial charge is 0.410 e. The van der Waals surface area contributed by atoms with E-state index in [-0.39, 0.29) is 0 Å². The smallest absolute Gasteiger partial charge is 0.408 e. The Morgan fingerprint density at radius 1 is 1.30 bits per heavy atom. The highest BCUT2D eigenvalue weighted by atomic mass is 16.5. The van der Waals surface area contributed by atoms with Crippen LogP contribution in [0.1, 0.15) is 13.3 Å². The highest BCUT2D eigenvalue weighted by Gasteiger charge is 2.22. The Hall–Kier alpha value is -2.28. The van der Waals surface area contributed by atoms with Gasteiger partial charge in [-0.15, -0.1) is 0 Å². The molecule has 124 valence electrons. The van der Waals surface area contributed by atoms with Crippen molar-refractivity contribution >= 4 is 23.1 Å². The number of carbonyl (C=O) groups is 1. The first-order chi connectivity index (χ1) is 11.1. The zero-order valence-electron chi connectivity index (χ0n) is 13.7. The Balaban J connectivity index is 1.87. The average molecular weight is 317 g/mol. The third-order valence-electron chi connectivity index (χ3n) is 4.26. The van der Waals surface area contributed by atoms with Gasteiger partial charge in [-0.2, -0.15) is 0 Å². The molecule has 0 radical (unpaired) electrons. The number of ether oxygens (including phenoxy) is 1. The van der Waals surface area contributed by atoms with Gasteiger partial charge in [-0.25, -0.2) is 9.78 Å². The summed E-state index contributed by atoms with van der Waals surface area (Å²) in [5, 5.41) is 0. The molecule has 0 bridgehead atoms. The van der Waals surface area contributed by atoms with Gasteiger partial charge in [-0.05, 0) is 25.1 Å². The standard InChI is InChI=1S/C16H23N5O2/c1-3-7-20-8-10-21(11-9-20)16-18-14-12(19(16)2)5-4-6-13(14)23-15(17)22/h4-6H,3,7-11H2,1-2H3,(H2,17,22). The number of aromatic nitrogens is 2. The molecule has 2 aromatic rings. The third kappa shape index (κ3) is 3.10. The van der Waals surface area contributed by atoms with Crippen LogP contribution in [-0.4, -0.2) is 53.3 Å². The lowest BCUT2D eigenvalue weighted by Crippen LogP contribution is -2.47. The van der Waals surface area contributed by atoms with E-state index in [4.69, 9.17) is 15.5 Å². The molecule has 1 saturated heterocycles. The van der Waals surface area contributed by atoms with E-state index in [0.29, 0.717) is 11.3 Å². The predicted octanol–water partition coefficient (Wildman–Crippen LogP) is 1.56. The fourth-order valence-corrected chi connectivity index (χ4v) is 3.14. The summed E-state index contributed by atoms with van der Waals surface area (Å²) >= 11 is 0.